The summed E-state index contributed by atoms with van der Waals surface area (Å²) in [7, 11) is 0. The Hall–Kier alpha value is -1.35. The van der Waals surface area contributed by atoms with Crippen LogP contribution in [0.15, 0.2) is 18.2 Å². The van der Waals surface area contributed by atoms with Gasteiger partial charge in [-0.1, -0.05) is 45.9 Å². The van der Waals surface area contributed by atoms with Gasteiger partial charge in [-0.25, -0.2) is 0 Å². The van der Waals surface area contributed by atoms with Gasteiger partial charge in [0.2, 0.25) is 0 Å². The zero-order valence-electron chi connectivity index (χ0n) is 15.1. The molecule has 3 heteroatoms. The first kappa shape index (κ1) is 18.0. The number of carboxylic acid groups (broad SMARTS) is 1. The van der Waals surface area contributed by atoms with E-state index in [0.717, 1.165) is 12.0 Å². The highest BCUT2D eigenvalue weighted by Gasteiger charge is 2.37. The summed E-state index contributed by atoms with van der Waals surface area (Å²) in [6, 6.07) is 6.30. The number of carbonyl (C=O) groups is 1. The Morgan fingerprint density at radius 1 is 1.17 bits per heavy atom. The van der Waals surface area contributed by atoms with E-state index in [-0.39, 0.29) is 10.8 Å². The molecule has 2 rings (SSSR count). The highest BCUT2D eigenvalue weighted by Crippen LogP contribution is 2.46. The van der Waals surface area contributed by atoms with Crippen molar-refractivity contribution in [3.8, 4) is 0 Å². The van der Waals surface area contributed by atoms with Crippen LogP contribution in [0.1, 0.15) is 76.5 Å². The van der Waals surface area contributed by atoms with E-state index >= 15 is 0 Å². The minimum absolute atomic E-state index is 0.101. The van der Waals surface area contributed by atoms with E-state index in [9.17, 15) is 9.90 Å². The second kappa shape index (κ2) is 6.64. The molecule has 3 nitrogen and oxygen atoms in total. The van der Waals surface area contributed by atoms with E-state index in [1.807, 2.05) is 13.0 Å². The molecule has 1 aromatic carbocycles. The molecule has 0 aliphatic heterocycles. The third-order valence-electron chi connectivity index (χ3n) is 5.33. The molecule has 1 unspecified atom stereocenters. The average Bonchev–Trinajstić information content (AvgIpc) is 2.48. The predicted octanol–water partition coefficient (Wildman–Crippen LogP) is 4.63. The number of hydrogen-bond acceptors (Lipinski definition) is 2. The van der Waals surface area contributed by atoms with E-state index in [2.05, 4.69) is 39.8 Å². The van der Waals surface area contributed by atoms with Crippen molar-refractivity contribution in [2.45, 2.75) is 70.6 Å². The maximum atomic E-state index is 11.7. The molecule has 1 aliphatic carbocycles. The van der Waals surface area contributed by atoms with E-state index in [1.165, 1.54) is 17.5 Å². The summed E-state index contributed by atoms with van der Waals surface area (Å²) in [5.41, 5.74) is 3.85. The standard InChI is InChI=1S/C20H30O3/c1-6-23-12-9-15(18(21)22)14-7-8-16-17(13-14)20(4,5)11-10-19(16,2)3/h7-8,13,15H,6,9-12H2,1-5H3,(H,21,22). The lowest BCUT2D eigenvalue weighted by atomic mass is 9.62. The Labute approximate surface area is 140 Å². The van der Waals surface area contributed by atoms with Crippen LogP contribution in [0, 0.1) is 0 Å². The topological polar surface area (TPSA) is 46.5 Å². The van der Waals surface area contributed by atoms with Gasteiger partial charge in [-0.15, -0.1) is 0 Å². The van der Waals surface area contributed by atoms with Crippen LogP contribution in [-0.4, -0.2) is 24.3 Å². The van der Waals surface area contributed by atoms with Gasteiger partial charge in [-0.3, -0.25) is 4.79 Å². The third kappa shape index (κ3) is 3.77. The summed E-state index contributed by atoms with van der Waals surface area (Å²) in [4.78, 5) is 11.7. The molecule has 0 amide bonds. The van der Waals surface area contributed by atoms with Crippen molar-refractivity contribution in [2.75, 3.05) is 13.2 Å². The summed E-state index contributed by atoms with van der Waals surface area (Å²) in [5.74, 6) is -1.26. The molecule has 0 radical (unpaired) electrons. The van der Waals surface area contributed by atoms with E-state index in [0.29, 0.717) is 19.6 Å². The molecule has 1 atom stereocenters. The molecule has 0 saturated carbocycles. The Morgan fingerprint density at radius 2 is 1.78 bits per heavy atom. The summed E-state index contributed by atoms with van der Waals surface area (Å²) in [6.45, 7) is 12.1. The second-order valence-electron chi connectivity index (χ2n) is 7.95. The highest BCUT2D eigenvalue weighted by atomic mass is 16.5. The molecule has 1 aromatic rings. The van der Waals surface area contributed by atoms with Gasteiger partial charge in [0.15, 0.2) is 0 Å². The van der Waals surface area contributed by atoms with Crippen molar-refractivity contribution < 1.29 is 14.6 Å². The van der Waals surface area contributed by atoms with E-state index < -0.39 is 11.9 Å². The zero-order valence-corrected chi connectivity index (χ0v) is 15.1. The van der Waals surface area contributed by atoms with Crippen LogP contribution in [0.4, 0.5) is 0 Å². The molecular formula is C20H30O3. The lowest BCUT2D eigenvalue weighted by molar-refractivity contribution is -0.139. The number of carboxylic acids is 1. The fourth-order valence-corrected chi connectivity index (χ4v) is 3.60. The predicted molar refractivity (Wildman–Crippen MR) is 93.2 cm³/mol. The van der Waals surface area contributed by atoms with Crippen LogP contribution < -0.4 is 0 Å². The SMILES string of the molecule is CCOCCC(C(=O)O)c1ccc2c(c1)C(C)(C)CCC2(C)C. The number of aliphatic carboxylic acids is 1. The van der Waals surface area contributed by atoms with Crippen LogP contribution in [0.25, 0.3) is 0 Å². The van der Waals surface area contributed by atoms with Crippen LogP contribution in [0.3, 0.4) is 0 Å². The summed E-state index contributed by atoms with van der Waals surface area (Å²) < 4.78 is 5.36. The van der Waals surface area contributed by atoms with Crippen molar-refractivity contribution in [3.05, 3.63) is 34.9 Å². The van der Waals surface area contributed by atoms with Crippen LogP contribution in [0.5, 0.6) is 0 Å². The second-order valence-corrected chi connectivity index (χ2v) is 7.95. The van der Waals surface area contributed by atoms with Gasteiger partial charge < -0.3 is 9.84 Å². The van der Waals surface area contributed by atoms with Gasteiger partial charge in [0.25, 0.3) is 0 Å². The van der Waals surface area contributed by atoms with Crippen molar-refractivity contribution >= 4 is 5.97 Å². The van der Waals surface area contributed by atoms with Crippen LogP contribution >= 0.6 is 0 Å². The van der Waals surface area contributed by atoms with Crippen molar-refractivity contribution in [2.24, 2.45) is 0 Å². The molecule has 0 bridgehead atoms. The Morgan fingerprint density at radius 3 is 2.35 bits per heavy atom. The quantitative estimate of drug-likeness (QED) is 0.778. The van der Waals surface area contributed by atoms with Crippen LogP contribution in [0.2, 0.25) is 0 Å². The van der Waals surface area contributed by atoms with E-state index in [4.69, 9.17) is 4.74 Å². The van der Waals surface area contributed by atoms with Crippen molar-refractivity contribution in [1.29, 1.82) is 0 Å². The Bertz CT molecular complexity index is 572. The molecule has 0 aromatic heterocycles. The maximum absolute atomic E-state index is 11.7. The third-order valence-corrected chi connectivity index (χ3v) is 5.33. The van der Waals surface area contributed by atoms with Gasteiger partial charge in [-0.2, -0.15) is 0 Å². The molecule has 128 valence electrons. The van der Waals surface area contributed by atoms with Gasteiger partial charge in [-0.05, 0) is 53.7 Å². The van der Waals surface area contributed by atoms with Gasteiger partial charge in [0.05, 0.1) is 5.92 Å². The monoisotopic (exact) mass is 318 g/mol. The number of benzene rings is 1. The molecule has 23 heavy (non-hydrogen) atoms. The lowest BCUT2D eigenvalue weighted by Gasteiger charge is -2.42. The molecule has 1 aliphatic rings. The smallest absolute Gasteiger partial charge is 0.311 e. The maximum Gasteiger partial charge on any atom is 0.311 e. The lowest BCUT2D eigenvalue weighted by Crippen LogP contribution is -2.34. The first-order valence-corrected chi connectivity index (χ1v) is 8.64. The first-order valence-electron chi connectivity index (χ1n) is 8.64. The minimum atomic E-state index is -0.766. The molecular weight excluding hydrogens is 288 g/mol. The normalized spacial score (nSPS) is 19.9. The van der Waals surface area contributed by atoms with E-state index in [1.54, 1.807) is 0 Å². The zero-order chi connectivity index (χ0) is 17.3. The summed E-state index contributed by atoms with van der Waals surface area (Å²) in [5, 5.41) is 9.61. The molecule has 0 spiro atoms. The first-order chi connectivity index (χ1) is 10.7. The van der Waals surface area contributed by atoms with Crippen LogP contribution in [-0.2, 0) is 20.4 Å². The van der Waals surface area contributed by atoms with Gasteiger partial charge in [0, 0.05) is 13.2 Å². The molecule has 0 fully saturated rings. The molecule has 1 N–H and O–H groups in total. The Kier molecular flexibility index (Phi) is 5.20. The number of fused-ring (bicyclic) bond motifs is 1. The Balaban J connectivity index is 2.39. The van der Waals surface area contributed by atoms with Gasteiger partial charge >= 0.3 is 5.97 Å². The average molecular weight is 318 g/mol. The van der Waals surface area contributed by atoms with Crippen molar-refractivity contribution in [1.82, 2.24) is 0 Å². The largest absolute Gasteiger partial charge is 0.481 e. The van der Waals surface area contributed by atoms with Gasteiger partial charge in [0.1, 0.15) is 0 Å². The molecule has 0 heterocycles. The molecule has 0 saturated heterocycles. The fourth-order valence-electron chi connectivity index (χ4n) is 3.60. The van der Waals surface area contributed by atoms with Crippen molar-refractivity contribution in [3.63, 3.8) is 0 Å². The minimum Gasteiger partial charge on any atom is -0.481 e. The number of rotatable bonds is 6. The number of ether oxygens (including phenoxy) is 1. The number of hydrogen-bond donors (Lipinski definition) is 1. The highest BCUT2D eigenvalue weighted by molar-refractivity contribution is 5.76. The summed E-state index contributed by atoms with van der Waals surface area (Å²) >= 11 is 0. The fraction of sp³-hybridized carbons (Fsp3) is 0.650. The summed E-state index contributed by atoms with van der Waals surface area (Å²) in [6.07, 6.45) is 2.82.